The van der Waals surface area contributed by atoms with Crippen molar-refractivity contribution >= 4 is 17.8 Å². The lowest BCUT2D eigenvalue weighted by Gasteiger charge is -2.27. The van der Waals surface area contributed by atoms with Crippen molar-refractivity contribution in [3.8, 4) is 23.0 Å². The SMILES string of the molecule is COc1ccc(C=C2Oc3c(ccc4c3C(CC(C)C)CC(=O)O4)C2=O)cc1O. The number of phenolic OH excluding ortho intramolecular Hbond substituents is 1. The number of methoxy groups -OCH3 is 1. The number of phenols is 1. The lowest BCUT2D eigenvalue weighted by atomic mass is 9.84. The largest absolute Gasteiger partial charge is 0.504 e. The predicted octanol–water partition coefficient (Wildman–Crippen LogP) is 4.46. The number of Topliss-reactive ketones (excluding diaryl/α,β-unsaturated/α-hetero) is 1. The molecule has 4 rings (SSSR count). The maximum atomic E-state index is 12.9. The van der Waals surface area contributed by atoms with E-state index in [1.807, 2.05) is 0 Å². The molecule has 1 N–H and O–H groups in total. The van der Waals surface area contributed by atoms with Crippen LogP contribution in [0.1, 0.15) is 54.1 Å². The summed E-state index contributed by atoms with van der Waals surface area (Å²) in [5.41, 5.74) is 1.85. The number of allylic oxidation sites excluding steroid dienone is 1. The number of aromatic hydroxyl groups is 1. The van der Waals surface area contributed by atoms with Crippen LogP contribution in [0.3, 0.4) is 0 Å². The van der Waals surface area contributed by atoms with Crippen LogP contribution in [0.15, 0.2) is 36.1 Å². The number of hydrogen-bond acceptors (Lipinski definition) is 6. The van der Waals surface area contributed by atoms with Crippen LogP contribution in [0.25, 0.3) is 6.08 Å². The highest BCUT2D eigenvalue weighted by atomic mass is 16.5. The fraction of sp³-hybridized carbons (Fsp3) is 0.304. The first-order chi connectivity index (χ1) is 13.9. The van der Waals surface area contributed by atoms with E-state index >= 15 is 0 Å². The minimum atomic E-state index is -0.267. The maximum Gasteiger partial charge on any atom is 0.311 e. The Kier molecular flexibility index (Phi) is 4.78. The summed E-state index contributed by atoms with van der Waals surface area (Å²) in [6, 6.07) is 8.15. The number of rotatable bonds is 4. The summed E-state index contributed by atoms with van der Waals surface area (Å²) in [6.07, 6.45) is 2.65. The summed E-state index contributed by atoms with van der Waals surface area (Å²) in [6.45, 7) is 4.19. The first-order valence-electron chi connectivity index (χ1n) is 9.56. The van der Waals surface area contributed by atoms with Crippen molar-refractivity contribution in [2.45, 2.75) is 32.6 Å². The second kappa shape index (κ2) is 7.28. The molecule has 2 aliphatic heterocycles. The number of carbonyl (C=O) groups excluding carboxylic acids is 2. The third-order valence-electron chi connectivity index (χ3n) is 5.14. The average molecular weight is 394 g/mol. The normalized spacial score (nSPS) is 19.0. The highest BCUT2D eigenvalue weighted by Gasteiger charge is 2.37. The van der Waals surface area contributed by atoms with Crippen LogP contribution in [0.4, 0.5) is 0 Å². The Morgan fingerprint density at radius 3 is 2.69 bits per heavy atom. The van der Waals surface area contributed by atoms with Crippen molar-refractivity contribution in [2.24, 2.45) is 5.92 Å². The molecule has 2 aromatic rings. The number of benzene rings is 2. The summed E-state index contributed by atoms with van der Waals surface area (Å²) < 4.78 is 16.4. The van der Waals surface area contributed by atoms with Crippen LogP contribution < -0.4 is 14.2 Å². The van der Waals surface area contributed by atoms with Gasteiger partial charge in [0, 0.05) is 11.5 Å². The minimum Gasteiger partial charge on any atom is -0.504 e. The first kappa shape index (κ1) is 19.1. The van der Waals surface area contributed by atoms with Crippen molar-refractivity contribution in [3.63, 3.8) is 0 Å². The molecule has 0 amide bonds. The molecule has 0 bridgehead atoms. The lowest BCUT2D eigenvalue weighted by Crippen LogP contribution is -2.21. The standard InChI is InChI=1S/C23H22O6/c1-12(2)8-14-11-20(25)28-18-7-5-15-22(26)19(29-23(15)21(14)18)10-13-4-6-17(27-3)16(24)9-13/h4-7,9-10,12,14,24H,8,11H2,1-3H3. The molecular formula is C23H22O6. The second-order valence-electron chi connectivity index (χ2n) is 7.73. The smallest absolute Gasteiger partial charge is 0.311 e. The van der Waals surface area contributed by atoms with E-state index in [0.717, 1.165) is 12.0 Å². The van der Waals surface area contributed by atoms with Crippen LogP contribution >= 0.6 is 0 Å². The molecule has 6 heteroatoms. The molecule has 1 atom stereocenters. The predicted molar refractivity (Wildman–Crippen MR) is 106 cm³/mol. The molecule has 150 valence electrons. The van der Waals surface area contributed by atoms with Gasteiger partial charge in [-0.2, -0.15) is 0 Å². The number of esters is 1. The van der Waals surface area contributed by atoms with Gasteiger partial charge in [0.1, 0.15) is 11.5 Å². The number of carbonyl (C=O) groups is 2. The zero-order valence-corrected chi connectivity index (χ0v) is 16.5. The molecule has 0 saturated heterocycles. The van der Waals surface area contributed by atoms with Gasteiger partial charge < -0.3 is 19.3 Å². The van der Waals surface area contributed by atoms with Crippen LogP contribution in [0.2, 0.25) is 0 Å². The first-order valence-corrected chi connectivity index (χ1v) is 9.56. The average Bonchev–Trinajstić information content (AvgIpc) is 2.96. The van der Waals surface area contributed by atoms with Gasteiger partial charge in [0.25, 0.3) is 0 Å². The van der Waals surface area contributed by atoms with Crippen molar-refractivity contribution < 1.29 is 28.9 Å². The van der Waals surface area contributed by atoms with Crippen LogP contribution in [0.5, 0.6) is 23.0 Å². The Morgan fingerprint density at radius 2 is 2.00 bits per heavy atom. The number of fused-ring (bicyclic) bond motifs is 3. The van der Waals surface area contributed by atoms with E-state index in [4.69, 9.17) is 14.2 Å². The van der Waals surface area contributed by atoms with Gasteiger partial charge in [0.15, 0.2) is 17.3 Å². The zero-order valence-electron chi connectivity index (χ0n) is 16.5. The molecule has 0 saturated carbocycles. The van der Waals surface area contributed by atoms with Crippen molar-refractivity contribution in [1.82, 2.24) is 0 Å². The van der Waals surface area contributed by atoms with E-state index in [9.17, 15) is 14.7 Å². The van der Waals surface area contributed by atoms with E-state index < -0.39 is 0 Å². The molecule has 2 aromatic carbocycles. The van der Waals surface area contributed by atoms with E-state index in [-0.39, 0.29) is 35.6 Å². The minimum absolute atomic E-state index is 0.0221. The van der Waals surface area contributed by atoms with Gasteiger partial charge >= 0.3 is 5.97 Å². The van der Waals surface area contributed by atoms with Gasteiger partial charge in [0.05, 0.1) is 19.1 Å². The van der Waals surface area contributed by atoms with Gasteiger partial charge in [-0.3, -0.25) is 9.59 Å². The second-order valence-corrected chi connectivity index (χ2v) is 7.73. The van der Waals surface area contributed by atoms with Gasteiger partial charge in [-0.05, 0) is 48.2 Å². The number of ketones is 1. The highest BCUT2D eigenvalue weighted by Crippen LogP contribution is 2.48. The molecule has 0 aliphatic carbocycles. The quantitative estimate of drug-likeness (QED) is 0.469. The summed E-state index contributed by atoms with van der Waals surface area (Å²) in [7, 11) is 1.47. The molecule has 0 spiro atoms. The Balaban J connectivity index is 1.73. The molecule has 2 heterocycles. The van der Waals surface area contributed by atoms with Crippen molar-refractivity contribution in [3.05, 3.63) is 52.8 Å². The number of ether oxygens (including phenoxy) is 3. The fourth-order valence-corrected chi connectivity index (χ4v) is 3.92. The van der Waals surface area contributed by atoms with Crippen molar-refractivity contribution in [2.75, 3.05) is 7.11 Å². The lowest BCUT2D eigenvalue weighted by molar-refractivity contribution is -0.136. The molecule has 29 heavy (non-hydrogen) atoms. The monoisotopic (exact) mass is 394 g/mol. The molecule has 0 fully saturated rings. The van der Waals surface area contributed by atoms with Crippen molar-refractivity contribution in [1.29, 1.82) is 0 Å². The molecule has 0 radical (unpaired) electrons. The fourth-order valence-electron chi connectivity index (χ4n) is 3.92. The Labute approximate surface area is 168 Å². The molecular weight excluding hydrogens is 372 g/mol. The highest BCUT2D eigenvalue weighted by molar-refractivity contribution is 6.15. The Hall–Kier alpha value is -3.28. The van der Waals surface area contributed by atoms with Gasteiger partial charge in [-0.25, -0.2) is 0 Å². The molecule has 0 aromatic heterocycles. The molecule has 2 aliphatic rings. The summed E-state index contributed by atoms with van der Waals surface area (Å²) >= 11 is 0. The van der Waals surface area contributed by atoms with E-state index in [2.05, 4.69) is 13.8 Å². The van der Waals surface area contributed by atoms with Gasteiger partial charge in [-0.1, -0.05) is 19.9 Å². The van der Waals surface area contributed by atoms with Gasteiger partial charge in [-0.15, -0.1) is 0 Å². The van der Waals surface area contributed by atoms with E-state index in [0.29, 0.717) is 34.3 Å². The summed E-state index contributed by atoms with van der Waals surface area (Å²) in [5, 5.41) is 9.98. The van der Waals surface area contributed by atoms with E-state index in [1.54, 1.807) is 30.3 Å². The van der Waals surface area contributed by atoms with Gasteiger partial charge in [0.2, 0.25) is 5.78 Å². The molecule has 6 nitrogen and oxygen atoms in total. The Morgan fingerprint density at radius 1 is 1.21 bits per heavy atom. The summed E-state index contributed by atoms with van der Waals surface area (Å²) in [4.78, 5) is 24.9. The zero-order chi connectivity index (χ0) is 20.7. The topological polar surface area (TPSA) is 82.1 Å². The van der Waals surface area contributed by atoms with E-state index in [1.165, 1.54) is 13.2 Å². The molecule has 1 unspecified atom stereocenters. The van der Waals surface area contributed by atoms with Crippen LogP contribution in [0, 0.1) is 5.92 Å². The van der Waals surface area contributed by atoms with Crippen LogP contribution in [-0.2, 0) is 4.79 Å². The summed E-state index contributed by atoms with van der Waals surface area (Å²) in [5.74, 6) is 1.24. The maximum absolute atomic E-state index is 12.9. The number of hydrogen-bond donors (Lipinski definition) is 1. The third-order valence-corrected chi connectivity index (χ3v) is 5.14. The third kappa shape index (κ3) is 3.46. The van der Waals surface area contributed by atoms with Crippen LogP contribution in [-0.4, -0.2) is 24.0 Å². The Bertz CT molecular complexity index is 1030.